The van der Waals surface area contributed by atoms with Crippen LogP contribution in [0.5, 0.6) is 5.75 Å². The number of carbonyl (C=O) groups excluding carboxylic acids is 1. The Morgan fingerprint density at radius 1 is 1.22 bits per heavy atom. The van der Waals surface area contributed by atoms with E-state index in [0.717, 1.165) is 32.7 Å². The van der Waals surface area contributed by atoms with Crippen LogP contribution in [0.15, 0.2) is 42.5 Å². The Bertz CT molecular complexity index is 918. The van der Waals surface area contributed by atoms with Gasteiger partial charge < -0.3 is 32.3 Å². The molecule has 0 radical (unpaired) electrons. The van der Waals surface area contributed by atoms with Crippen LogP contribution in [-0.4, -0.2) is 76.2 Å². The molecule has 0 unspecified atom stereocenters. The van der Waals surface area contributed by atoms with E-state index in [-0.39, 0.29) is 29.6 Å². The summed E-state index contributed by atoms with van der Waals surface area (Å²) < 4.78 is 5.32. The summed E-state index contributed by atoms with van der Waals surface area (Å²) >= 11 is 0. The van der Waals surface area contributed by atoms with Crippen molar-refractivity contribution in [2.45, 2.75) is 0 Å². The Labute approximate surface area is 194 Å². The minimum absolute atomic E-state index is 0. The number of nitrogens with one attached hydrogen (secondary N) is 2. The second-order valence-electron chi connectivity index (χ2n) is 7.76. The lowest BCUT2D eigenvalue weighted by Gasteiger charge is -2.31. The van der Waals surface area contributed by atoms with Crippen LogP contribution < -0.4 is 32.3 Å². The number of halogens is 1. The summed E-state index contributed by atoms with van der Waals surface area (Å²) in [5.74, 6) is -0.0642. The smallest absolute Gasteiger partial charge is 0.293 e. The molecule has 174 valence electrons. The molecule has 0 aromatic heterocycles. The molecular weight excluding hydrogens is 434 g/mol. The van der Waals surface area contributed by atoms with Gasteiger partial charge in [-0.15, -0.1) is 0 Å². The number of carbonyl (C=O) groups is 1. The third-order valence-electron chi connectivity index (χ3n) is 5.58. The SMILES string of the molecule is COc1cc(N(C)C)c([N+](=O)[O-])cc1C(=O)NCCN1CC[NH+](c2ccccc2)CC1.[Cl-]. The van der Waals surface area contributed by atoms with Crippen LogP contribution in [0.3, 0.4) is 0 Å². The number of quaternary nitrogens is 1. The highest BCUT2D eigenvalue weighted by atomic mass is 35.5. The molecule has 1 saturated heterocycles. The van der Waals surface area contributed by atoms with Gasteiger partial charge in [0.05, 0.1) is 30.7 Å². The first-order chi connectivity index (χ1) is 14.9. The van der Waals surface area contributed by atoms with Crippen LogP contribution in [0.25, 0.3) is 0 Å². The molecule has 1 fully saturated rings. The van der Waals surface area contributed by atoms with Gasteiger partial charge in [0, 0.05) is 52.4 Å². The number of hydrogen-bond donors (Lipinski definition) is 2. The van der Waals surface area contributed by atoms with Crippen molar-refractivity contribution in [3.63, 3.8) is 0 Å². The molecule has 2 aromatic rings. The van der Waals surface area contributed by atoms with Gasteiger partial charge in [0.25, 0.3) is 11.6 Å². The number of piperazine rings is 1. The van der Waals surface area contributed by atoms with E-state index < -0.39 is 4.92 Å². The zero-order valence-corrected chi connectivity index (χ0v) is 19.4. The quantitative estimate of drug-likeness (QED) is 0.345. The van der Waals surface area contributed by atoms with E-state index in [1.165, 1.54) is 29.8 Å². The second-order valence-corrected chi connectivity index (χ2v) is 7.76. The van der Waals surface area contributed by atoms with Gasteiger partial charge >= 0.3 is 0 Å². The Morgan fingerprint density at radius 2 is 1.88 bits per heavy atom. The number of ether oxygens (including phenoxy) is 1. The molecule has 1 aliphatic heterocycles. The number of methoxy groups -OCH3 is 1. The molecule has 1 amide bonds. The van der Waals surface area contributed by atoms with E-state index in [2.05, 4.69) is 34.5 Å². The van der Waals surface area contributed by atoms with E-state index in [1.54, 1.807) is 19.0 Å². The van der Waals surface area contributed by atoms with Gasteiger partial charge in [0.15, 0.2) is 0 Å². The molecule has 3 rings (SSSR count). The fourth-order valence-electron chi connectivity index (χ4n) is 3.84. The van der Waals surface area contributed by atoms with Crippen molar-refractivity contribution >= 4 is 23.0 Å². The molecule has 0 spiro atoms. The molecule has 9 nitrogen and oxygen atoms in total. The van der Waals surface area contributed by atoms with Crippen molar-refractivity contribution < 1.29 is 31.8 Å². The summed E-state index contributed by atoms with van der Waals surface area (Å²) in [4.78, 5) is 29.1. The lowest BCUT2D eigenvalue weighted by atomic mass is 10.1. The lowest BCUT2D eigenvalue weighted by molar-refractivity contribution is -0.838. The Kier molecular flexibility index (Phi) is 9.25. The Hall–Kier alpha value is -2.88. The zero-order chi connectivity index (χ0) is 22.4. The van der Waals surface area contributed by atoms with Crippen molar-refractivity contribution in [2.24, 2.45) is 0 Å². The average Bonchev–Trinajstić information content (AvgIpc) is 2.79. The molecule has 10 heteroatoms. The molecular formula is C22H30ClN5O4. The molecule has 2 N–H and O–H groups in total. The van der Waals surface area contributed by atoms with E-state index in [4.69, 9.17) is 4.74 Å². The molecule has 0 bridgehead atoms. The molecule has 2 aromatic carbocycles. The summed E-state index contributed by atoms with van der Waals surface area (Å²) in [6, 6.07) is 13.3. The maximum Gasteiger partial charge on any atom is 0.293 e. The minimum Gasteiger partial charge on any atom is -1.00 e. The van der Waals surface area contributed by atoms with Gasteiger partial charge in [-0.25, -0.2) is 0 Å². The van der Waals surface area contributed by atoms with Crippen molar-refractivity contribution in [1.82, 2.24) is 10.2 Å². The van der Waals surface area contributed by atoms with Crippen LogP contribution in [0.4, 0.5) is 17.1 Å². The van der Waals surface area contributed by atoms with E-state index >= 15 is 0 Å². The van der Waals surface area contributed by atoms with Crippen LogP contribution in [0, 0.1) is 10.1 Å². The first-order valence-corrected chi connectivity index (χ1v) is 10.3. The first-order valence-electron chi connectivity index (χ1n) is 10.3. The number of nitro groups is 1. The molecule has 32 heavy (non-hydrogen) atoms. The molecule has 0 saturated carbocycles. The summed E-state index contributed by atoms with van der Waals surface area (Å²) in [5.41, 5.74) is 1.73. The largest absolute Gasteiger partial charge is 1.00 e. The Balaban J connectivity index is 0.00000363. The summed E-state index contributed by atoms with van der Waals surface area (Å²) in [6.07, 6.45) is 0. The van der Waals surface area contributed by atoms with Crippen LogP contribution in [-0.2, 0) is 0 Å². The van der Waals surface area contributed by atoms with Crippen LogP contribution >= 0.6 is 0 Å². The maximum absolute atomic E-state index is 12.7. The van der Waals surface area contributed by atoms with Crippen LogP contribution in [0.2, 0.25) is 0 Å². The topological polar surface area (TPSA) is 92.4 Å². The average molecular weight is 464 g/mol. The molecule has 0 aliphatic carbocycles. The van der Waals surface area contributed by atoms with E-state index in [9.17, 15) is 14.9 Å². The van der Waals surface area contributed by atoms with E-state index in [1.807, 2.05) is 6.07 Å². The van der Waals surface area contributed by atoms with Gasteiger partial charge in [0.2, 0.25) is 0 Å². The summed E-state index contributed by atoms with van der Waals surface area (Å²) in [7, 11) is 4.87. The number of anilines is 1. The Morgan fingerprint density at radius 3 is 2.44 bits per heavy atom. The zero-order valence-electron chi connectivity index (χ0n) is 18.6. The van der Waals surface area contributed by atoms with Crippen molar-refractivity contribution in [1.29, 1.82) is 0 Å². The summed E-state index contributed by atoms with van der Waals surface area (Å²) in [6.45, 7) is 5.13. The highest BCUT2D eigenvalue weighted by Crippen LogP contribution is 2.34. The van der Waals surface area contributed by atoms with Crippen molar-refractivity contribution in [3.8, 4) is 5.75 Å². The predicted octanol–water partition coefficient (Wildman–Crippen LogP) is -2.06. The third-order valence-corrected chi connectivity index (χ3v) is 5.58. The first kappa shape index (κ1) is 25.4. The highest BCUT2D eigenvalue weighted by Gasteiger charge is 2.24. The standard InChI is InChI=1S/C22H29N5O4.ClH/c1-24(2)19-16-21(31-3)18(15-20(19)27(29)30)22(28)23-9-10-25-11-13-26(14-12-25)17-7-5-4-6-8-17;/h4-8,15-16H,9-14H2,1-3H3,(H,23,28);1H. The second kappa shape index (κ2) is 11.7. The summed E-state index contributed by atoms with van der Waals surface area (Å²) in [5, 5.41) is 14.3. The number of benzene rings is 2. The van der Waals surface area contributed by atoms with Crippen LogP contribution in [0.1, 0.15) is 10.4 Å². The fourth-order valence-corrected chi connectivity index (χ4v) is 3.84. The number of nitrogens with zero attached hydrogens (tertiary/aromatic N) is 3. The number of hydrogen-bond acceptors (Lipinski definition) is 6. The number of amides is 1. The minimum atomic E-state index is -0.486. The van der Waals surface area contributed by atoms with Gasteiger partial charge in [-0.3, -0.25) is 19.8 Å². The van der Waals surface area contributed by atoms with Crippen molar-refractivity contribution in [3.05, 3.63) is 58.1 Å². The molecule has 1 heterocycles. The van der Waals surface area contributed by atoms with E-state index in [0.29, 0.717) is 18.0 Å². The fraction of sp³-hybridized carbons (Fsp3) is 0.409. The number of rotatable bonds is 8. The van der Waals surface area contributed by atoms with Crippen molar-refractivity contribution in [2.75, 3.05) is 65.4 Å². The lowest BCUT2D eigenvalue weighted by Crippen LogP contribution is -3.10. The monoisotopic (exact) mass is 463 g/mol. The van der Waals surface area contributed by atoms with Gasteiger partial charge in [-0.1, -0.05) is 18.2 Å². The predicted molar refractivity (Wildman–Crippen MR) is 120 cm³/mol. The molecule has 1 aliphatic rings. The highest BCUT2D eigenvalue weighted by molar-refractivity contribution is 5.98. The number of nitro benzene ring substituents is 1. The maximum atomic E-state index is 12.7. The number of para-hydroxylation sites is 1. The van der Waals surface area contributed by atoms with Gasteiger partial charge in [-0.05, 0) is 12.1 Å². The van der Waals surface area contributed by atoms with Gasteiger partial charge in [-0.2, -0.15) is 0 Å². The van der Waals surface area contributed by atoms with Gasteiger partial charge in [0.1, 0.15) is 17.1 Å². The molecule has 0 atom stereocenters. The third kappa shape index (κ3) is 6.09. The normalized spacial score (nSPS) is 14.3.